The molecule has 0 bridgehead atoms. The van der Waals surface area contributed by atoms with Crippen molar-refractivity contribution in [2.45, 2.75) is 39.2 Å². The molecule has 9 heteroatoms. The minimum atomic E-state index is -3.16. The molecule has 0 aliphatic carbocycles. The van der Waals surface area contributed by atoms with Gasteiger partial charge in [-0.2, -0.15) is 0 Å². The fourth-order valence-corrected chi connectivity index (χ4v) is 5.33. The van der Waals surface area contributed by atoms with E-state index in [4.69, 9.17) is 0 Å². The van der Waals surface area contributed by atoms with Crippen molar-refractivity contribution < 1.29 is 13.2 Å². The predicted molar refractivity (Wildman–Crippen MR) is 104 cm³/mol. The topological polar surface area (TPSA) is 82.6 Å². The van der Waals surface area contributed by atoms with Gasteiger partial charge < -0.3 is 5.32 Å². The van der Waals surface area contributed by atoms with Gasteiger partial charge in [0.25, 0.3) is 0 Å². The fraction of sp³-hybridized carbons (Fsp3) is 0.765. The van der Waals surface area contributed by atoms with Crippen molar-refractivity contribution >= 4 is 32.4 Å². The molecule has 26 heavy (non-hydrogen) atoms. The number of nitrogens with one attached hydrogen (secondary N) is 1. The van der Waals surface area contributed by atoms with Gasteiger partial charge in [0, 0.05) is 37.5 Å². The Kier molecular flexibility index (Phi) is 6.32. The second-order valence-corrected chi connectivity index (χ2v) is 10.4. The lowest BCUT2D eigenvalue weighted by Crippen LogP contribution is -2.40. The van der Waals surface area contributed by atoms with Gasteiger partial charge in [-0.1, -0.05) is 6.92 Å². The summed E-state index contributed by atoms with van der Waals surface area (Å²) in [5, 5.41) is 5.57. The molecule has 1 unspecified atom stereocenters. The lowest BCUT2D eigenvalue weighted by atomic mass is 9.97. The summed E-state index contributed by atoms with van der Waals surface area (Å²) < 4.78 is 24.5. The molecular formula is C17H28N4O3S2. The smallest absolute Gasteiger partial charge is 0.229 e. The number of thiazole rings is 1. The van der Waals surface area contributed by atoms with Gasteiger partial charge in [-0.05, 0) is 38.1 Å². The Hall–Kier alpha value is -1.03. The van der Waals surface area contributed by atoms with Crippen LogP contribution < -0.4 is 5.32 Å². The second kappa shape index (κ2) is 8.33. The van der Waals surface area contributed by atoms with Gasteiger partial charge in [-0.3, -0.25) is 9.69 Å². The zero-order valence-corrected chi connectivity index (χ0v) is 17.1. The standard InChI is InChI=1S/C17H28N4O3S2/c1-13-4-3-7-20(10-13)11-15-12-25-17(18-15)19-16(22)14-5-8-21(9-6-14)26(2,23)24/h12-14H,3-11H2,1-2H3,(H,18,19,22). The van der Waals surface area contributed by atoms with Crippen LogP contribution in [0.1, 0.15) is 38.3 Å². The van der Waals surface area contributed by atoms with Crippen LogP contribution in [0.15, 0.2) is 5.38 Å². The zero-order valence-electron chi connectivity index (χ0n) is 15.5. The molecule has 2 saturated heterocycles. The molecule has 2 fully saturated rings. The van der Waals surface area contributed by atoms with Gasteiger partial charge in [0.05, 0.1) is 11.9 Å². The first-order valence-electron chi connectivity index (χ1n) is 9.24. The second-order valence-electron chi connectivity index (χ2n) is 7.55. The lowest BCUT2D eigenvalue weighted by Gasteiger charge is -2.30. The van der Waals surface area contributed by atoms with Crippen LogP contribution in [0.3, 0.4) is 0 Å². The number of carbonyl (C=O) groups excluding carboxylic acids is 1. The van der Waals surface area contributed by atoms with Crippen LogP contribution in [0.5, 0.6) is 0 Å². The van der Waals surface area contributed by atoms with Gasteiger partial charge in [-0.15, -0.1) is 11.3 Å². The Morgan fingerprint density at radius 3 is 2.69 bits per heavy atom. The number of sulfonamides is 1. The van der Waals surface area contributed by atoms with Crippen LogP contribution in [0.4, 0.5) is 5.13 Å². The Morgan fingerprint density at radius 1 is 1.31 bits per heavy atom. The van der Waals surface area contributed by atoms with E-state index in [1.165, 1.54) is 34.7 Å². The van der Waals surface area contributed by atoms with E-state index in [2.05, 4.69) is 22.1 Å². The maximum Gasteiger partial charge on any atom is 0.229 e. The van der Waals surface area contributed by atoms with Crippen LogP contribution in [0.25, 0.3) is 0 Å². The first kappa shape index (κ1) is 19.7. The molecule has 3 heterocycles. The van der Waals surface area contributed by atoms with Gasteiger partial charge in [0.2, 0.25) is 15.9 Å². The molecular weight excluding hydrogens is 372 g/mol. The first-order valence-corrected chi connectivity index (χ1v) is 12.0. The highest BCUT2D eigenvalue weighted by Gasteiger charge is 2.29. The summed E-state index contributed by atoms with van der Waals surface area (Å²) in [6.07, 6.45) is 4.87. The van der Waals surface area contributed by atoms with Crippen molar-refractivity contribution in [3.05, 3.63) is 11.1 Å². The Balaban J connectivity index is 1.49. The van der Waals surface area contributed by atoms with Gasteiger partial charge in [0.15, 0.2) is 5.13 Å². The monoisotopic (exact) mass is 400 g/mol. The van der Waals surface area contributed by atoms with Crippen molar-refractivity contribution in [3.63, 3.8) is 0 Å². The van der Waals surface area contributed by atoms with Crippen molar-refractivity contribution in [3.8, 4) is 0 Å². The molecule has 1 amide bonds. The Morgan fingerprint density at radius 2 is 2.04 bits per heavy atom. The summed E-state index contributed by atoms with van der Waals surface area (Å²) >= 11 is 1.46. The van der Waals surface area contributed by atoms with Crippen LogP contribution in [-0.2, 0) is 21.4 Å². The van der Waals surface area contributed by atoms with E-state index in [-0.39, 0.29) is 11.8 Å². The van der Waals surface area contributed by atoms with Gasteiger partial charge in [0.1, 0.15) is 0 Å². The highest BCUT2D eigenvalue weighted by molar-refractivity contribution is 7.88. The summed E-state index contributed by atoms with van der Waals surface area (Å²) in [7, 11) is -3.16. The third kappa shape index (κ3) is 5.25. The fourth-order valence-electron chi connectivity index (χ4n) is 3.75. The summed E-state index contributed by atoms with van der Waals surface area (Å²) in [5.74, 6) is 0.535. The summed E-state index contributed by atoms with van der Waals surface area (Å²) in [4.78, 5) is 19.4. The minimum absolute atomic E-state index is 0.0503. The van der Waals surface area contributed by atoms with Crippen molar-refractivity contribution in [2.24, 2.45) is 11.8 Å². The molecule has 1 aromatic rings. The largest absolute Gasteiger partial charge is 0.302 e. The van der Waals surface area contributed by atoms with Crippen molar-refractivity contribution in [2.75, 3.05) is 37.8 Å². The maximum absolute atomic E-state index is 12.4. The summed E-state index contributed by atoms with van der Waals surface area (Å²) in [6.45, 7) is 6.17. The highest BCUT2D eigenvalue weighted by Crippen LogP contribution is 2.24. The van der Waals surface area contributed by atoms with Crippen LogP contribution in [0, 0.1) is 11.8 Å². The van der Waals surface area contributed by atoms with E-state index in [9.17, 15) is 13.2 Å². The number of anilines is 1. The molecule has 0 spiro atoms. The van der Waals surface area contributed by atoms with Crippen molar-refractivity contribution in [1.82, 2.24) is 14.2 Å². The zero-order chi connectivity index (χ0) is 18.7. The van der Waals surface area contributed by atoms with Crippen molar-refractivity contribution in [1.29, 1.82) is 0 Å². The molecule has 1 atom stereocenters. The number of nitrogens with zero attached hydrogens (tertiary/aromatic N) is 3. The SMILES string of the molecule is CC1CCCN(Cc2csc(NC(=O)C3CCN(S(C)(=O)=O)CC3)n2)C1. The van der Waals surface area contributed by atoms with E-state index in [1.54, 1.807) is 0 Å². The summed E-state index contributed by atoms with van der Waals surface area (Å²) in [5.41, 5.74) is 1.01. The predicted octanol–water partition coefficient (Wildman–Crippen LogP) is 1.99. The summed E-state index contributed by atoms with van der Waals surface area (Å²) in [6, 6.07) is 0. The average molecular weight is 401 g/mol. The number of likely N-dealkylation sites (tertiary alicyclic amines) is 1. The molecule has 1 N–H and O–H groups in total. The molecule has 7 nitrogen and oxygen atoms in total. The van der Waals surface area contributed by atoms with Crippen LogP contribution in [-0.4, -0.2) is 60.9 Å². The molecule has 0 radical (unpaired) electrons. The molecule has 146 valence electrons. The van der Waals surface area contributed by atoms with Crippen LogP contribution >= 0.6 is 11.3 Å². The number of rotatable bonds is 5. The molecule has 1 aromatic heterocycles. The van der Waals surface area contributed by atoms with E-state index < -0.39 is 10.0 Å². The molecule has 0 aromatic carbocycles. The molecule has 3 rings (SSSR count). The third-order valence-corrected chi connectivity index (χ3v) is 7.31. The molecule has 2 aliphatic rings. The third-order valence-electron chi connectivity index (χ3n) is 5.20. The Bertz CT molecular complexity index is 726. The minimum Gasteiger partial charge on any atom is -0.302 e. The number of piperidine rings is 2. The van der Waals surface area contributed by atoms with E-state index in [1.807, 2.05) is 5.38 Å². The maximum atomic E-state index is 12.4. The average Bonchev–Trinajstić information content (AvgIpc) is 3.01. The van der Waals surface area contributed by atoms with Gasteiger partial charge >= 0.3 is 0 Å². The number of hydrogen-bond donors (Lipinski definition) is 1. The lowest BCUT2D eigenvalue weighted by molar-refractivity contribution is -0.120. The highest BCUT2D eigenvalue weighted by atomic mass is 32.2. The van der Waals surface area contributed by atoms with E-state index in [0.29, 0.717) is 31.1 Å². The molecule has 2 aliphatic heterocycles. The number of hydrogen-bond acceptors (Lipinski definition) is 6. The first-order chi connectivity index (χ1) is 12.3. The molecule has 0 saturated carbocycles. The Labute approximate surface area is 159 Å². The van der Waals surface area contributed by atoms with E-state index >= 15 is 0 Å². The normalized spacial score (nSPS) is 23.8. The van der Waals surface area contributed by atoms with Gasteiger partial charge in [-0.25, -0.2) is 17.7 Å². The number of aromatic nitrogens is 1. The number of carbonyl (C=O) groups is 1. The quantitative estimate of drug-likeness (QED) is 0.817. The van der Waals surface area contributed by atoms with E-state index in [0.717, 1.165) is 31.2 Å². The number of amides is 1. The van der Waals surface area contributed by atoms with Crippen LogP contribution in [0.2, 0.25) is 0 Å².